The normalized spacial score (nSPS) is 16.1. The topological polar surface area (TPSA) is 132 Å². The van der Waals surface area contributed by atoms with Crippen LogP contribution in [0.2, 0.25) is 0 Å². The SMILES string of the molecule is C[C@H]1Cc2c(n3ncc(CC4CC4)c3n(-c3ccc(C(=O)N(C)COC(=O)CN)cc3)c2=O)CN1C(=O)c1ccc(Br)c(C(F)(F)F)c1. The summed E-state index contributed by atoms with van der Waals surface area (Å²) in [4.78, 5) is 55.0. The minimum atomic E-state index is -4.65. The van der Waals surface area contributed by atoms with Crippen LogP contribution in [0, 0.1) is 5.92 Å². The summed E-state index contributed by atoms with van der Waals surface area (Å²) in [6.07, 6.45) is 0.0325. The molecule has 4 aromatic rings. The summed E-state index contributed by atoms with van der Waals surface area (Å²) in [6, 6.07) is 9.35. The third-order valence-electron chi connectivity index (χ3n) is 8.74. The van der Waals surface area contributed by atoms with Crippen LogP contribution >= 0.6 is 15.9 Å². The van der Waals surface area contributed by atoms with Gasteiger partial charge < -0.3 is 20.3 Å². The minimum absolute atomic E-state index is 0.0294. The predicted octanol–water partition coefficient (Wildman–Crippen LogP) is 4.34. The average molecular weight is 730 g/mol. The Morgan fingerprint density at radius 3 is 2.44 bits per heavy atom. The second-order valence-electron chi connectivity index (χ2n) is 12.2. The van der Waals surface area contributed by atoms with Crippen LogP contribution in [-0.4, -0.2) is 68.1 Å². The summed E-state index contributed by atoms with van der Waals surface area (Å²) in [5.74, 6) is -1.18. The molecule has 0 radical (unpaired) electrons. The standard InChI is InChI=1S/C33H32BrF3N6O5/c1-18-11-24-27(16-41(18)31(46)21-7-10-26(34)25(13-21)33(35,36)37)43-29(22(15-39-43)12-19-3-4-19)42(32(24)47)23-8-5-20(6-9-23)30(45)40(2)17-48-28(44)14-38/h5-10,13,15,18-19H,3-4,11-12,14,16-17,38H2,1-2H3/t18-/m0/s1. The first-order valence-electron chi connectivity index (χ1n) is 15.3. The molecule has 15 heteroatoms. The number of benzene rings is 2. The maximum absolute atomic E-state index is 14.3. The number of amides is 2. The molecule has 2 aromatic carbocycles. The van der Waals surface area contributed by atoms with E-state index < -0.39 is 35.6 Å². The zero-order valence-electron chi connectivity index (χ0n) is 26.1. The van der Waals surface area contributed by atoms with E-state index in [1.165, 1.54) is 29.0 Å². The van der Waals surface area contributed by atoms with Crippen LogP contribution in [0.1, 0.15) is 62.9 Å². The second-order valence-corrected chi connectivity index (χ2v) is 13.1. The highest BCUT2D eigenvalue weighted by molar-refractivity contribution is 9.10. The smallest absolute Gasteiger partial charge is 0.417 e. The van der Waals surface area contributed by atoms with E-state index in [1.807, 2.05) is 0 Å². The van der Waals surface area contributed by atoms with Crippen molar-refractivity contribution in [2.75, 3.05) is 20.3 Å². The van der Waals surface area contributed by atoms with Gasteiger partial charge in [0, 0.05) is 39.8 Å². The Labute approximate surface area is 281 Å². The number of alkyl halides is 3. The summed E-state index contributed by atoms with van der Waals surface area (Å²) in [5, 5.41) is 4.65. The van der Waals surface area contributed by atoms with Crippen LogP contribution in [0.25, 0.3) is 11.3 Å². The largest absolute Gasteiger partial charge is 0.443 e. The number of nitrogens with two attached hydrogens (primary N) is 1. The number of ether oxygens (including phenoxy) is 1. The second kappa shape index (κ2) is 12.8. The van der Waals surface area contributed by atoms with E-state index >= 15 is 0 Å². The maximum Gasteiger partial charge on any atom is 0.417 e. The number of hydrogen-bond donors (Lipinski definition) is 1. The number of carbonyl (C=O) groups is 3. The molecule has 2 aromatic heterocycles. The molecule has 0 spiro atoms. The van der Waals surface area contributed by atoms with E-state index in [4.69, 9.17) is 10.5 Å². The predicted molar refractivity (Wildman–Crippen MR) is 172 cm³/mol. The molecule has 252 valence electrons. The van der Waals surface area contributed by atoms with Gasteiger partial charge in [0.05, 0.1) is 36.2 Å². The molecule has 48 heavy (non-hydrogen) atoms. The fraction of sp³-hybridized carbons (Fsp3) is 0.364. The quantitative estimate of drug-likeness (QED) is 0.211. The van der Waals surface area contributed by atoms with Gasteiger partial charge in [-0.1, -0.05) is 15.9 Å². The molecule has 0 unspecified atom stereocenters. The molecule has 1 saturated carbocycles. The van der Waals surface area contributed by atoms with E-state index in [9.17, 15) is 32.3 Å². The molecular weight excluding hydrogens is 697 g/mol. The van der Waals surface area contributed by atoms with Crippen LogP contribution in [0.4, 0.5) is 13.2 Å². The van der Waals surface area contributed by atoms with Gasteiger partial charge in [-0.15, -0.1) is 0 Å². The van der Waals surface area contributed by atoms with Crippen molar-refractivity contribution in [2.24, 2.45) is 11.7 Å². The van der Waals surface area contributed by atoms with Gasteiger partial charge in [-0.25, -0.2) is 4.52 Å². The number of halogens is 4. The van der Waals surface area contributed by atoms with E-state index in [-0.39, 0.29) is 41.8 Å². The van der Waals surface area contributed by atoms with Crippen molar-refractivity contribution >= 4 is 39.4 Å². The molecule has 2 N–H and O–H groups in total. The number of rotatable bonds is 8. The molecule has 3 heterocycles. The Morgan fingerprint density at radius 1 is 1.10 bits per heavy atom. The lowest BCUT2D eigenvalue weighted by Gasteiger charge is -2.35. The number of aromatic nitrogens is 3. The van der Waals surface area contributed by atoms with Crippen LogP contribution < -0.4 is 11.3 Å². The number of esters is 1. The van der Waals surface area contributed by atoms with Gasteiger partial charge in [0.15, 0.2) is 6.73 Å². The molecule has 0 bridgehead atoms. The summed E-state index contributed by atoms with van der Waals surface area (Å²) in [6.45, 7) is 1.14. The Hall–Kier alpha value is -4.50. The van der Waals surface area contributed by atoms with Gasteiger partial charge in [-0.05, 0) is 81.0 Å². The van der Waals surface area contributed by atoms with Crippen molar-refractivity contribution in [1.29, 1.82) is 0 Å². The van der Waals surface area contributed by atoms with Crippen molar-refractivity contribution in [2.45, 2.75) is 51.4 Å². The fourth-order valence-electron chi connectivity index (χ4n) is 5.97. The van der Waals surface area contributed by atoms with Crippen LogP contribution in [-0.2, 0) is 35.1 Å². The van der Waals surface area contributed by atoms with E-state index in [0.717, 1.165) is 24.5 Å². The highest BCUT2D eigenvalue weighted by atomic mass is 79.9. The van der Waals surface area contributed by atoms with Gasteiger partial charge in [0.2, 0.25) is 0 Å². The molecule has 0 saturated heterocycles. The van der Waals surface area contributed by atoms with Crippen molar-refractivity contribution in [1.82, 2.24) is 24.0 Å². The van der Waals surface area contributed by atoms with Gasteiger partial charge in [-0.3, -0.25) is 23.7 Å². The van der Waals surface area contributed by atoms with E-state index in [2.05, 4.69) is 21.0 Å². The number of hydrogen-bond acceptors (Lipinski definition) is 7. The first kappa shape index (κ1) is 33.4. The third-order valence-corrected chi connectivity index (χ3v) is 9.43. The molecule has 1 atom stereocenters. The molecule has 2 aliphatic rings. The monoisotopic (exact) mass is 728 g/mol. The van der Waals surface area contributed by atoms with Gasteiger partial charge in [0.1, 0.15) is 5.65 Å². The number of fused-ring (bicyclic) bond motifs is 3. The van der Waals surface area contributed by atoms with Crippen LogP contribution in [0.3, 0.4) is 0 Å². The van der Waals surface area contributed by atoms with Gasteiger partial charge >= 0.3 is 12.1 Å². The van der Waals surface area contributed by atoms with Crippen LogP contribution in [0.5, 0.6) is 0 Å². The molecule has 2 amide bonds. The fourth-order valence-corrected chi connectivity index (χ4v) is 6.45. The zero-order valence-corrected chi connectivity index (χ0v) is 27.7. The van der Waals surface area contributed by atoms with E-state index in [1.54, 1.807) is 46.5 Å². The first-order valence-corrected chi connectivity index (χ1v) is 16.1. The lowest BCUT2D eigenvalue weighted by molar-refractivity contribution is -0.145. The van der Waals surface area contributed by atoms with Crippen molar-refractivity contribution in [3.05, 3.63) is 97.0 Å². The maximum atomic E-state index is 14.3. The Kier molecular flexibility index (Phi) is 8.94. The molecule has 11 nitrogen and oxygen atoms in total. The lowest BCUT2D eigenvalue weighted by atomic mass is 9.97. The highest BCUT2D eigenvalue weighted by Crippen LogP contribution is 2.37. The van der Waals surface area contributed by atoms with Crippen molar-refractivity contribution < 1.29 is 32.3 Å². The third kappa shape index (κ3) is 6.35. The molecule has 1 fully saturated rings. The Balaban J connectivity index is 1.38. The van der Waals surface area contributed by atoms with Crippen LogP contribution in [0.15, 0.2) is 57.9 Å². The highest BCUT2D eigenvalue weighted by Gasteiger charge is 2.37. The Morgan fingerprint density at radius 2 is 1.79 bits per heavy atom. The van der Waals surface area contributed by atoms with Gasteiger partial charge in [-0.2, -0.15) is 18.3 Å². The molecule has 6 rings (SSSR count). The minimum Gasteiger partial charge on any atom is -0.443 e. The molecule has 1 aliphatic heterocycles. The average Bonchev–Trinajstić information content (AvgIpc) is 3.80. The van der Waals surface area contributed by atoms with Crippen molar-refractivity contribution in [3.8, 4) is 5.69 Å². The summed E-state index contributed by atoms with van der Waals surface area (Å²) in [7, 11) is 1.48. The lowest BCUT2D eigenvalue weighted by Crippen LogP contribution is -2.46. The number of nitrogens with zero attached hydrogens (tertiary/aromatic N) is 5. The Bertz CT molecular complexity index is 1990. The van der Waals surface area contributed by atoms with Gasteiger partial charge in [0.25, 0.3) is 17.4 Å². The van der Waals surface area contributed by atoms with E-state index in [0.29, 0.717) is 40.5 Å². The summed E-state index contributed by atoms with van der Waals surface area (Å²) in [5.41, 5.74) is 7.00. The number of carbonyl (C=O) groups excluding carboxylic acids is 3. The first-order chi connectivity index (χ1) is 22.8. The van der Waals surface area contributed by atoms with Crippen molar-refractivity contribution in [3.63, 3.8) is 0 Å². The molecular formula is C33H32BrF3N6O5. The summed E-state index contributed by atoms with van der Waals surface area (Å²) >= 11 is 2.93. The zero-order chi connectivity index (χ0) is 34.5. The molecule has 1 aliphatic carbocycles. The summed E-state index contributed by atoms with van der Waals surface area (Å²) < 4.78 is 48.9.